The van der Waals surface area contributed by atoms with Crippen molar-refractivity contribution in [1.29, 1.82) is 5.26 Å². The molecule has 0 saturated heterocycles. The van der Waals surface area contributed by atoms with Crippen LogP contribution in [0, 0.1) is 11.3 Å². The number of hydrogen-bond acceptors (Lipinski definition) is 3. The first kappa shape index (κ1) is 10.4. The van der Waals surface area contributed by atoms with Crippen LogP contribution in [-0.2, 0) is 0 Å². The van der Waals surface area contributed by atoms with Gasteiger partial charge in [-0.15, -0.1) is 0 Å². The van der Waals surface area contributed by atoms with Crippen LogP contribution in [0.1, 0.15) is 15.9 Å². The fraction of sp³-hybridized carbons (Fsp3) is 0.273. The molecule has 0 aromatic heterocycles. The molecule has 3 heteroatoms. The normalized spacial score (nSPS) is 9.86. The smallest absolute Gasteiger partial charge is 0.176 e. The fourth-order valence-electron chi connectivity index (χ4n) is 1.14. The number of carbonyl (C=O) groups is 1. The Labute approximate surface area is 83.6 Å². The first-order chi connectivity index (χ1) is 6.63. The van der Waals surface area contributed by atoms with Gasteiger partial charge in [0.25, 0.3) is 0 Å². The van der Waals surface area contributed by atoms with Gasteiger partial charge in [0.15, 0.2) is 5.78 Å². The number of rotatable bonds is 3. The molecule has 0 heterocycles. The topological polar surface area (TPSA) is 44.1 Å². The minimum Gasteiger partial charge on any atom is -0.302 e. The summed E-state index contributed by atoms with van der Waals surface area (Å²) in [5.74, 6) is 0.0344. The Morgan fingerprint density at radius 3 is 2.79 bits per heavy atom. The van der Waals surface area contributed by atoms with Gasteiger partial charge in [0, 0.05) is 5.56 Å². The summed E-state index contributed by atoms with van der Waals surface area (Å²) in [4.78, 5) is 13.4. The van der Waals surface area contributed by atoms with Crippen LogP contribution < -0.4 is 0 Å². The van der Waals surface area contributed by atoms with E-state index in [2.05, 4.69) is 0 Å². The van der Waals surface area contributed by atoms with E-state index in [1.54, 1.807) is 29.2 Å². The van der Waals surface area contributed by atoms with Gasteiger partial charge in [-0.25, -0.2) is 0 Å². The van der Waals surface area contributed by atoms with E-state index in [0.29, 0.717) is 17.7 Å². The molecular formula is C11H12N2O. The molecule has 0 atom stereocenters. The quantitative estimate of drug-likeness (QED) is 0.671. The number of benzene rings is 1. The standard InChI is InChI=1S/C11H12N2O/c1-13(2)8-11(14)10-5-3-4-9(6-10)7-12/h3-6H,8H2,1-2H3. The van der Waals surface area contributed by atoms with Gasteiger partial charge in [-0.3, -0.25) is 4.79 Å². The molecule has 0 aliphatic heterocycles. The summed E-state index contributed by atoms with van der Waals surface area (Å²) in [5, 5.41) is 8.65. The average Bonchev–Trinajstić information content (AvgIpc) is 2.17. The Hall–Kier alpha value is -1.66. The maximum Gasteiger partial charge on any atom is 0.176 e. The highest BCUT2D eigenvalue weighted by molar-refractivity contribution is 5.97. The van der Waals surface area contributed by atoms with Crippen molar-refractivity contribution >= 4 is 5.78 Å². The van der Waals surface area contributed by atoms with E-state index in [4.69, 9.17) is 5.26 Å². The third-order valence-corrected chi connectivity index (χ3v) is 1.77. The molecule has 0 fully saturated rings. The monoisotopic (exact) mass is 188 g/mol. The summed E-state index contributed by atoms with van der Waals surface area (Å²) >= 11 is 0. The zero-order chi connectivity index (χ0) is 10.6. The van der Waals surface area contributed by atoms with E-state index in [-0.39, 0.29) is 5.78 Å². The van der Waals surface area contributed by atoms with Gasteiger partial charge in [0.2, 0.25) is 0 Å². The summed E-state index contributed by atoms with van der Waals surface area (Å²) < 4.78 is 0. The number of ketones is 1. The summed E-state index contributed by atoms with van der Waals surface area (Å²) in [6.45, 7) is 0.370. The van der Waals surface area contributed by atoms with Crippen molar-refractivity contribution in [2.24, 2.45) is 0 Å². The van der Waals surface area contributed by atoms with Gasteiger partial charge >= 0.3 is 0 Å². The molecule has 3 nitrogen and oxygen atoms in total. The van der Waals surface area contributed by atoms with Crippen LogP contribution in [-0.4, -0.2) is 31.3 Å². The Bertz CT molecular complexity index is 377. The molecule has 0 N–H and O–H groups in total. The Kier molecular flexibility index (Phi) is 3.38. The second-order valence-corrected chi connectivity index (χ2v) is 3.35. The van der Waals surface area contributed by atoms with E-state index in [0.717, 1.165) is 0 Å². The highest BCUT2D eigenvalue weighted by Gasteiger charge is 2.06. The van der Waals surface area contributed by atoms with Crippen LogP contribution >= 0.6 is 0 Å². The molecule has 1 aromatic rings. The molecule has 0 amide bonds. The van der Waals surface area contributed by atoms with Gasteiger partial charge in [-0.2, -0.15) is 5.26 Å². The van der Waals surface area contributed by atoms with Crippen molar-refractivity contribution in [3.05, 3.63) is 35.4 Å². The number of carbonyl (C=O) groups excluding carboxylic acids is 1. The molecule has 72 valence electrons. The highest BCUT2D eigenvalue weighted by atomic mass is 16.1. The van der Waals surface area contributed by atoms with Crippen molar-refractivity contribution in [2.75, 3.05) is 20.6 Å². The lowest BCUT2D eigenvalue weighted by Crippen LogP contribution is -2.21. The van der Waals surface area contributed by atoms with Crippen LogP contribution in [0.25, 0.3) is 0 Å². The van der Waals surface area contributed by atoms with E-state index in [1.807, 2.05) is 20.2 Å². The number of hydrogen-bond donors (Lipinski definition) is 0. The second kappa shape index (κ2) is 4.54. The van der Waals surface area contributed by atoms with Gasteiger partial charge in [0.1, 0.15) is 0 Å². The molecule has 14 heavy (non-hydrogen) atoms. The highest BCUT2D eigenvalue weighted by Crippen LogP contribution is 2.05. The first-order valence-corrected chi connectivity index (χ1v) is 4.31. The molecule has 1 rings (SSSR count). The third-order valence-electron chi connectivity index (χ3n) is 1.77. The molecular weight excluding hydrogens is 176 g/mol. The number of Topliss-reactive ketones (excluding diaryl/α,β-unsaturated/α-hetero) is 1. The molecule has 0 unspecified atom stereocenters. The van der Waals surface area contributed by atoms with Crippen molar-refractivity contribution in [3.63, 3.8) is 0 Å². The Balaban J connectivity index is 2.86. The minimum absolute atomic E-state index is 0.0344. The average molecular weight is 188 g/mol. The molecule has 0 saturated carbocycles. The number of likely N-dealkylation sites (N-methyl/N-ethyl adjacent to an activating group) is 1. The Morgan fingerprint density at radius 2 is 2.21 bits per heavy atom. The molecule has 0 aliphatic rings. The zero-order valence-electron chi connectivity index (χ0n) is 8.32. The maximum absolute atomic E-state index is 11.6. The Morgan fingerprint density at radius 1 is 1.50 bits per heavy atom. The minimum atomic E-state index is 0.0344. The largest absolute Gasteiger partial charge is 0.302 e. The van der Waals surface area contributed by atoms with Gasteiger partial charge in [0.05, 0.1) is 18.2 Å². The van der Waals surface area contributed by atoms with Gasteiger partial charge < -0.3 is 4.90 Å². The summed E-state index contributed by atoms with van der Waals surface area (Å²) in [6.07, 6.45) is 0. The lowest BCUT2D eigenvalue weighted by molar-refractivity contribution is 0.0958. The van der Waals surface area contributed by atoms with Crippen molar-refractivity contribution in [3.8, 4) is 6.07 Å². The van der Waals surface area contributed by atoms with Crippen LogP contribution in [0.3, 0.4) is 0 Å². The van der Waals surface area contributed by atoms with E-state index < -0.39 is 0 Å². The second-order valence-electron chi connectivity index (χ2n) is 3.35. The van der Waals surface area contributed by atoms with Crippen LogP contribution in [0.4, 0.5) is 0 Å². The molecule has 0 aliphatic carbocycles. The van der Waals surface area contributed by atoms with E-state index >= 15 is 0 Å². The molecule has 0 bridgehead atoms. The van der Waals surface area contributed by atoms with Crippen molar-refractivity contribution < 1.29 is 4.79 Å². The van der Waals surface area contributed by atoms with Gasteiger partial charge in [-0.05, 0) is 26.2 Å². The predicted molar refractivity (Wildman–Crippen MR) is 54.0 cm³/mol. The van der Waals surface area contributed by atoms with Crippen LogP contribution in [0.2, 0.25) is 0 Å². The molecule has 0 radical (unpaired) electrons. The van der Waals surface area contributed by atoms with Crippen LogP contribution in [0.5, 0.6) is 0 Å². The number of nitrogens with zero attached hydrogens (tertiary/aromatic N) is 2. The van der Waals surface area contributed by atoms with Crippen molar-refractivity contribution in [1.82, 2.24) is 4.90 Å². The lowest BCUT2D eigenvalue weighted by Gasteiger charge is -2.07. The molecule has 0 spiro atoms. The van der Waals surface area contributed by atoms with Crippen molar-refractivity contribution in [2.45, 2.75) is 0 Å². The van der Waals surface area contributed by atoms with Gasteiger partial charge in [-0.1, -0.05) is 12.1 Å². The summed E-state index contributed by atoms with van der Waals surface area (Å²) in [5.41, 5.74) is 1.12. The summed E-state index contributed by atoms with van der Waals surface area (Å²) in [6, 6.07) is 8.77. The predicted octanol–water partition coefficient (Wildman–Crippen LogP) is 1.30. The van der Waals surface area contributed by atoms with E-state index in [1.165, 1.54) is 0 Å². The lowest BCUT2D eigenvalue weighted by atomic mass is 10.1. The first-order valence-electron chi connectivity index (χ1n) is 4.31. The maximum atomic E-state index is 11.6. The van der Waals surface area contributed by atoms with E-state index in [9.17, 15) is 4.79 Å². The van der Waals surface area contributed by atoms with Crippen LogP contribution in [0.15, 0.2) is 24.3 Å². The number of nitriles is 1. The third kappa shape index (κ3) is 2.68. The molecule has 1 aromatic carbocycles. The SMILES string of the molecule is CN(C)CC(=O)c1cccc(C#N)c1. The zero-order valence-corrected chi connectivity index (χ0v) is 8.32. The fourth-order valence-corrected chi connectivity index (χ4v) is 1.14. The summed E-state index contributed by atoms with van der Waals surface area (Å²) in [7, 11) is 3.68.